The first-order valence-corrected chi connectivity index (χ1v) is 8.50. The summed E-state index contributed by atoms with van der Waals surface area (Å²) in [5.41, 5.74) is 0.685. The third-order valence-electron chi connectivity index (χ3n) is 3.37. The molecule has 2 saturated heterocycles. The summed E-state index contributed by atoms with van der Waals surface area (Å²) in [6, 6.07) is 0. The number of nitrogens with zero attached hydrogens (tertiary/aromatic N) is 2. The smallest absolute Gasteiger partial charge is 0.163 e. The molecule has 3 atom stereocenters. The number of rotatable bonds is 3. The van der Waals surface area contributed by atoms with Crippen LogP contribution >= 0.6 is 35.6 Å². The summed E-state index contributed by atoms with van der Waals surface area (Å²) in [5.74, 6) is 0.366. The minimum atomic E-state index is -0.529. The van der Waals surface area contributed by atoms with E-state index in [0.717, 1.165) is 10.7 Å². The molecule has 2 aliphatic rings. The topological polar surface area (TPSA) is 56.3 Å². The Bertz CT molecular complexity index is 558. The lowest BCUT2D eigenvalue weighted by Gasteiger charge is -2.22. The van der Waals surface area contributed by atoms with Crippen molar-refractivity contribution in [1.29, 1.82) is 0 Å². The summed E-state index contributed by atoms with van der Waals surface area (Å²) in [6.07, 6.45) is 3.29. The van der Waals surface area contributed by atoms with E-state index in [1.165, 1.54) is 0 Å². The lowest BCUT2D eigenvalue weighted by atomic mass is 10.1. The Morgan fingerprint density at radius 2 is 2.24 bits per heavy atom. The summed E-state index contributed by atoms with van der Waals surface area (Å²) in [7, 11) is 0. The molecule has 114 valence electrons. The zero-order valence-electron chi connectivity index (χ0n) is 11.7. The van der Waals surface area contributed by atoms with E-state index >= 15 is 0 Å². The van der Waals surface area contributed by atoms with Gasteiger partial charge in [0.25, 0.3) is 0 Å². The molecule has 2 aliphatic heterocycles. The Balaban J connectivity index is 1.60. The molecule has 8 heteroatoms. The zero-order chi connectivity index (χ0) is 15.0. The van der Waals surface area contributed by atoms with Gasteiger partial charge in [0.2, 0.25) is 0 Å². The largest absolute Gasteiger partial charge is 0.373 e. The zero-order valence-corrected chi connectivity index (χ0v) is 14.1. The van der Waals surface area contributed by atoms with Crippen LogP contribution in [-0.4, -0.2) is 44.0 Å². The van der Waals surface area contributed by atoms with Gasteiger partial charge in [0.1, 0.15) is 6.10 Å². The van der Waals surface area contributed by atoms with Gasteiger partial charge >= 0.3 is 0 Å². The fourth-order valence-corrected chi connectivity index (χ4v) is 4.40. The van der Waals surface area contributed by atoms with Crippen molar-refractivity contribution in [3.05, 3.63) is 23.2 Å². The van der Waals surface area contributed by atoms with Crippen LogP contribution in [0.4, 0.5) is 0 Å². The number of thiocarbonyl (C=S) groups is 1. The summed E-state index contributed by atoms with van der Waals surface area (Å²) >= 11 is 13.2. The van der Waals surface area contributed by atoms with Crippen molar-refractivity contribution < 1.29 is 9.47 Å². The average Bonchev–Trinajstić information content (AvgIpc) is 2.92. The quantitative estimate of drug-likeness (QED) is 0.842. The molecular weight excluding hydrogens is 330 g/mol. The average molecular weight is 346 g/mol. The molecule has 3 heterocycles. The molecule has 0 aromatic carbocycles. The third-order valence-corrected chi connectivity index (χ3v) is 5.62. The molecule has 1 aromatic rings. The van der Waals surface area contributed by atoms with E-state index < -0.39 is 5.79 Å². The SMILES string of the molecule is CC1(C)OC2CS[C@@H](C(=S)NCc3nccnc3Cl)[C@H]2O1. The number of thioether (sulfide) groups is 1. The third kappa shape index (κ3) is 3.32. The van der Waals surface area contributed by atoms with Crippen molar-refractivity contribution in [3.63, 3.8) is 0 Å². The standard InChI is InChI=1S/C13H16ClN3O2S2/c1-13(2)18-8-6-21-10(9(8)19-13)12(20)17-5-7-11(14)16-4-3-15-7/h3-4,8-10H,5-6H2,1-2H3,(H,17,20)/t8?,9-,10+/m0/s1. The van der Waals surface area contributed by atoms with Crippen molar-refractivity contribution in [3.8, 4) is 0 Å². The molecule has 0 saturated carbocycles. The molecule has 2 fully saturated rings. The molecule has 21 heavy (non-hydrogen) atoms. The van der Waals surface area contributed by atoms with E-state index in [0.29, 0.717) is 17.4 Å². The molecule has 0 aliphatic carbocycles. The number of hydrogen-bond donors (Lipinski definition) is 1. The van der Waals surface area contributed by atoms with Gasteiger partial charge in [0, 0.05) is 18.1 Å². The number of fused-ring (bicyclic) bond motifs is 1. The van der Waals surface area contributed by atoms with E-state index in [9.17, 15) is 0 Å². The molecule has 5 nitrogen and oxygen atoms in total. The highest BCUT2D eigenvalue weighted by Crippen LogP contribution is 2.41. The fraction of sp³-hybridized carbons (Fsp3) is 0.615. The Kier molecular flexibility index (Phi) is 4.38. The lowest BCUT2D eigenvalue weighted by molar-refractivity contribution is -0.144. The summed E-state index contributed by atoms with van der Waals surface area (Å²) in [5, 5.41) is 3.70. The van der Waals surface area contributed by atoms with Crippen LogP contribution in [0.15, 0.2) is 12.4 Å². The van der Waals surface area contributed by atoms with E-state index in [-0.39, 0.29) is 17.5 Å². The predicted octanol–water partition coefficient (Wildman–Crippen LogP) is 2.18. The lowest BCUT2D eigenvalue weighted by Crippen LogP contribution is -2.39. The molecule has 0 bridgehead atoms. The highest BCUT2D eigenvalue weighted by Gasteiger charge is 2.50. The predicted molar refractivity (Wildman–Crippen MR) is 86.6 cm³/mol. The van der Waals surface area contributed by atoms with Gasteiger partial charge in [-0.3, -0.25) is 4.98 Å². The summed E-state index contributed by atoms with van der Waals surface area (Å²) in [6.45, 7) is 4.33. The summed E-state index contributed by atoms with van der Waals surface area (Å²) < 4.78 is 11.8. The maximum atomic E-state index is 5.99. The van der Waals surface area contributed by atoms with Crippen molar-refractivity contribution in [2.75, 3.05) is 5.75 Å². The first-order valence-electron chi connectivity index (χ1n) is 6.66. The number of aromatic nitrogens is 2. The Hall–Kier alpha value is -0.470. The van der Waals surface area contributed by atoms with Crippen LogP contribution in [0, 0.1) is 0 Å². The Morgan fingerprint density at radius 1 is 1.48 bits per heavy atom. The van der Waals surface area contributed by atoms with Gasteiger partial charge < -0.3 is 14.8 Å². The van der Waals surface area contributed by atoms with Crippen LogP contribution in [-0.2, 0) is 16.0 Å². The van der Waals surface area contributed by atoms with Gasteiger partial charge in [0.05, 0.1) is 28.6 Å². The van der Waals surface area contributed by atoms with Crippen molar-refractivity contribution in [2.45, 2.75) is 43.6 Å². The van der Waals surface area contributed by atoms with Crippen LogP contribution in [0.5, 0.6) is 0 Å². The molecule has 0 radical (unpaired) electrons. The van der Waals surface area contributed by atoms with Crippen molar-refractivity contribution >= 4 is 40.6 Å². The van der Waals surface area contributed by atoms with E-state index in [1.807, 2.05) is 13.8 Å². The highest BCUT2D eigenvalue weighted by atomic mass is 35.5. The van der Waals surface area contributed by atoms with Gasteiger partial charge in [-0.15, -0.1) is 11.8 Å². The van der Waals surface area contributed by atoms with Gasteiger partial charge in [0.15, 0.2) is 10.9 Å². The van der Waals surface area contributed by atoms with Gasteiger partial charge in [-0.2, -0.15) is 0 Å². The number of halogens is 1. The highest BCUT2D eigenvalue weighted by molar-refractivity contribution is 8.02. The maximum Gasteiger partial charge on any atom is 0.163 e. The second-order valence-electron chi connectivity index (χ2n) is 5.40. The fourth-order valence-electron chi connectivity index (χ4n) is 2.51. The number of ether oxygens (including phenoxy) is 2. The van der Waals surface area contributed by atoms with E-state index in [4.69, 9.17) is 33.3 Å². The molecule has 3 rings (SSSR count). The van der Waals surface area contributed by atoms with Crippen LogP contribution in [0.3, 0.4) is 0 Å². The van der Waals surface area contributed by atoms with Gasteiger partial charge in [-0.1, -0.05) is 23.8 Å². The van der Waals surface area contributed by atoms with Crippen molar-refractivity contribution in [1.82, 2.24) is 15.3 Å². The van der Waals surface area contributed by atoms with Gasteiger partial charge in [-0.25, -0.2) is 4.98 Å². The van der Waals surface area contributed by atoms with Crippen molar-refractivity contribution in [2.24, 2.45) is 0 Å². The summed E-state index contributed by atoms with van der Waals surface area (Å²) in [4.78, 5) is 8.93. The molecule has 0 amide bonds. The minimum Gasteiger partial charge on any atom is -0.373 e. The second kappa shape index (κ2) is 5.96. The van der Waals surface area contributed by atoms with Crippen LogP contribution in [0.25, 0.3) is 0 Å². The molecule has 1 aromatic heterocycles. The molecule has 1 N–H and O–H groups in total. The minimum absolute atomic E-state index is 0.00216. The van der Waals surface area contributed by atoms with Crippen LogP contribution in [0.2, 0.25) is 5.15 Å². The second-order valence-corrected chi connectivity index (χ2v) is 7.38. The first-order chi connectivity index (χ1) is 9.96. The number of nitrogens with one attached hydrogen (secondary N) is 1. The monoisotopic (exact) mass is 345 g/mol. The Labute approximate surface area is 138 Å². The molecule has 0 spiro atoms. The van der Waals surface area contributed by atoms with E-state index in [2.05, 4.69) is 15.3 Å². The van der Waals surface area contributed by atoms with Crippen LogP contribution < -0.4 is 5.32 Å². The van der Waals surface area contributed by atoms with E-state index in [1.54, 1.807) is 24.2 Å². The first kappa shape index (κ1) is 15.4. The molecule has 1 unspecified atom stereocenters. The number of hydrogen-bond acceptors (Lipinski definition) is 6. The van der Waals surface area contributed by atoms with Gasteiger partial charge in [-0.05, 0) is 13.8 Å². The normalized spacial score (nSPS) is 30.1. The molecular formula is C13H16ClN3O2S2. The van der Waals surface area contributed by atoms with Crippen LogP contribution in [0.1, 0.15) is 19.5 Å². The Morgan fingerprint density at radius 3 is 3.00 bits per heavy atom. The maximum absolute atomic E-state index is 5.99.